The van der Waals surface area contributed by atoms with Gasteiger partial charge in [-0.15, -0.1) is 0 Å². The molecule has 0 unspecified atom stereocenters. The predicted octanol–water partition coefficient (Wildman–Crippen LogP) is 3.48. The molecule has 0 radical (unpaired) electrons. The van der Waals surface area contributed by atoms with Crippen molar-refractivity contribution in [3.8, 4) is 6.07 Å². The van der Waals surface area contributed by atoms with Crippen LogP contribution < -0.4 is 5.32 Å². The number of rotatable bonds is 5. The maximum Gasteiger partial charge on any atom is 0.261 e. The van der Waals surface area contributed by atoms with Crippen molar-refractivity contribution < 1.29 is 14.0 Å². The molecule has 6 nitrogen and oxygen atoms in total. The summed E-state index contributed by atoms with van der Waals surface area (Å²) in [5.41, 5.74) is 0.646. The highest BCUT2D eigenvalue weighted by molar-refractivity contribution is 6.30. The molecule has 8 heteroatoms. The number of imide groups is 1. The van der Waals surface area contributed by atoms with E-state index in [1.807, 2.05) is 13.8 Å². The minimum Gasteiger partial charge on any atom is -0.363 e. The number of pyridine rings is 1. The van der Waals surface area contributed by atoms with Gasteiger partial charge in [0.2, 0.25) is 0 Å². The van der Waals surface area contributed by atoms with Crippen molar-refractivity contribution in [3.05, 3.63) is 58.0 Å². The molecule has 0 spiro atoms. The third-order valence-corrected chi connectivity index (χ3v) is 4.72. The number of nitrogens with one attached hydrogen (secondary N) is 1. The molecule has 2 aromatic rings. The van der Waals surface area contributed by atoms with Crippen LogP contribution in [0, 0.1) is 23.1 Å². The van der Waals surface area contributed by atoms with Crippen molar-refractivity contribution in [1.29, 1.82) is 5.26 Å². The normalized spacial score (nSPS) is 14.3. The number of aromatic nitrogens is 1. The van der Waals surface area contributed by atoms with Crippen LogP contribution in [0.5, 0.6) is 0 Å². The topological polar surface area (TPSA) is 86.1 Å². The Morgan fingerprint density at radius 3 is 2.37 bits per heavy atom. The number of nitrogens with zero attached hydrogens (tertiary/aromatic N) is 3. The number of fused-ring (bicyclic) bond motifs is 1. The molecule has 3 rings (SSSR count). The van der Waals surface area contributed by atoms with Crippen molar-refractivity contribution >= 4 is 29.2 Å². The second kappa shape index (κ2) is 7.33. The van der Waals surface area contributed by atoms with E-state index in [1.165, 1.54) is 0 Å². The molecule has 0 saturated heterocycles. The second-order valence-electron chi connectivity index (χ2n) is 6.53. The van der Waals surface area contributed by atoms with Gasteiger partial charge in [0.15, 0.2) is 11.6 Å². The molecule has 138 valence electrons. The van der Waals surface area contributed by atoms with Crippen molar-refractivity contribution in [2.24, 2.45) is 5.92 Å². The van der Waals surface area contributed by atoms with E-state index in [9.17, 15) is 14.0 Å². The van der Waals surface area contributed by atoms with E-state index >= 15 is 0 Å². The summed E-state index contributed by atoms with van der Waals surface area (Å²) in [5.74, 6) is -1.67. The Hall–Kier alpha value is -2.98. The van der Waals surface area contributed by atoms with Crippen LogP contribution in [0.15, 0.2) is 30.3 Å². The molecule has 0 fully saturated rings. The van der Waals surface area contributed by atoms with Gasteiger partial charge in [0, 0.05) is 12.6 Å². The Morgan fingerprint density at radius 2 is 1.85 bits per heavy atom. The van der Waals surface area contributed by atoms with Crippen LogP contribution in [0.4, 0.5) is 10.2 Å². The predicted molar refractivity (Wildman–Crippen MR) is 98.0 cm³/mol. The van der Waals surface area contributed by atoms with Gasteiger partial charge in [-0.2, -0.15) is 5.26 Å². The maximum atomic E-state index is 14.2. The van der Waals surface area contributed by atoms with Crippen LogP contribution in [-0.4, -0.2) is 34.3 Å². The largest absolute Gasteiger partial charge is 0.363 e. The van der Waals surface area contributed by atoms with E-state index < -0.39 is 11.9 Å². The Kier molecular flexibility index (Phi) is 5.10. The fourth-order valence-electron chi connectivity index (χ4n) is 2.85. The van der Waals surface area contributed by atoms with E-state index in [0.29, 0.717) is 11.1 Å². The number of hydrogen-bond donors (Lipinski definition) is 1. The van der Waals surface area contributed by atoms with Crippen LogP contribution in [0.1, 0.15) is 40.1 Å². The lowest BCUT2D eigenvalue weighted by Gasteiger charge is -2.27. The quantitative estimate of drug-likeness (QED) is 0.628. The Bertz CT molecular complexity index is 936. The van der Waals surface area contributed by atoms with Crippen molar-refractivity contribution in [1.82, 2.24) is 9.88 Å². The number of carbonyl (C=O) groups excluding carboxylic acids is 2. The molecule has 2 heterocycles. The van der Waals surface area contributed by atoms with Crippen LogP contribution in [0.3, 0.4) is 0 Å². The highest BCUT2D eigenvalue weighted by Crippen LogP contribution is 2.25. The number of nitriles is 1. The summed E-state index contributed by atoms with van der Waals surface area (Å²) in [5, 5.41) is 11.7. The maximum absolute atomic E-state index is 14.2. The molecular weight excluding hydrogens is 371 g/mol. The number of anilines is 1. The van der Waals surface area contributed by atoms with Gasteiger partial charge < -0.3 is 5.32 Å². The molecule has 27 heavy (non-hydrogen) atoms. The van der Waals surface area contributed by atoms with Gasteiger partial charge in [0.05, 0.1) is 16.7 Å². The highest BCUT2D eigenvalue weighted by atomic mass is 35.5. The summed E-state index contributed by atoms with van der Waals surface area (Å²) < 4.78 is 14.2. The standard InChI is InChI=1S/C19H16ClFN4O2/c1-10(2)15(23-17-14(21)7-11(8-22)16(20)24-17)9-25-18(26)12-5-3-4-6-13(12)19(25)27/h3-7,10,15H,9H2,1-2H3,(H,23,24)/t15-/m0/s1. The fourth-order valence-corrected chi connectivity index (χ4v) is 3.03. The first-order valence-corrected chi connectivity index (χ1v) is 8.69. The Labute approximate surface area is 160 Å². The lowest BCUT2D eigenvalue weighted by Crippen LogP contribution is -2.43. The van der Waals surface area contributed by atoms with Crippen LogP contribution in [-0.2, 0) is 0 Å². The summed E-state index contributed by atoms with van der Waals surface area (Å²) >= 11 is 5.88. The first kappa shape index (κ1) is 18.8. The SMILES string of the molecule is CC(C)[C@H](CN1C(=O)c2ccccc2C1=O)Nc1nc(Cl)c(C#N)cc1F. The smallest absolute Gasteiger partial charge is 0.261 e. The Balaban J connectivity index is 1.84. The van der Waals surface area contributed by atoms with Crippen molar-refractivity contribution in [2.45, 2.75) is 19.9 Å². The zero-order chi connectivity index (χ0) is 19.7. The zero-order valence-electron chi connectivity index (χ0n) is 14.7. The lowest BCUT2D eigenvalue weighted by molar-refractivity contribution is 0.0641. The number of hydrogen-bond acceptors (Lipinski definition) is 5. The van der Waals surface area contributed by atoms with Gasteiger partial charge in [0.1, 0.15) is 11.2 Å². The first-order valence-electron chi connectivity index (χ1n) is 8.31. The lowest BCUT2D eigenvalue weighted by atomic mass is 10.0. The van der Waals surface area contributed by atoms with Gasteiger partial charge in [0.25, 0.3) is 11.8 Å². The molecule has 0 aliphatic carbocycles. The van der Waals surface area contributed by atoms with E-state index in [4.69, 9.17) is 16.9 Å². The second-order valence-corrected chi connectivity index (χ2v) is 6.89. The number of benzene rings is 1. The van der Waals surface area contributed by atoms with E-state index in [0.717, 1.165) is 11.0 Å². The third-order valence-electron chi connectivity index (χ3n) is 4.43. The summed E-state index contributed by atoms with van der Waals surface area (Å²) in [6, 6.07) is 8.91. The van der Waals surface area contributed by atoms with E-state index in [-0.39, 0.29) is 40.8 Å². The third kappa shape index (κ3) is 3.49. The minimum absolute atomic E-state index is 0.0444. The molecule has 1 aromatic heterocycles. The zero-order valence-corrected chi connectivity index (χ0v) is 15.4. The summed E-state index contributed by atoms with van der Waals surface area (Å²) in [6.07, 6.45) is 0. The van der Waals surface area contributed by atoms with Gasteiger partial charge in [-0.3, -0.25) is 14.5 Å². The number of carbonyl (C=O) groups is 2. The molecule has 1 atom stereocenters. The van der Waals surface area contributed by atoms with E-state index in [2.05, 4.69) is 10.3 Å². The summed E-state index contributed by atoms with van der Waals surface area (Å²) in [7, 11) is 0. The monoisotopic (exact) mass is 386 g/mol. The highest BCUT2D eigenvalue weighted by Gasteiger charge is 2.37. The van der Waals surface area contributed by atoms with Crippen LogP contribution in [0.2, 0.25) is 5.15 Å². The molecule has 0 bridgehead atoms. The van der Waals surface area contributed by atoms with Gasteiger partial charge >= 0.3 is 0 Å². The minimum atomic E-state index is -0.732. The molecule has 1 aliphatic rings. The van der Waals surface area contributed by atoms with Crippen molar-refractivity contribution in [2.75, 3.05) is 11.9 Å². The molecule has 1 aromatic carbocycles. The molecule has 2 amide bonds. The van der Waals surface area contributed by atoms with Crippen LogP contribution >= 0.6 is 11.6 Å². The average molecular weight is 387 g/mol. The molecule has 0 saturated carbocycles. The fraction of sp³-hybridized carbons (Fsp3) is 0.263. The van der Waals surface area contributed by atoms with E-state index in [1.54, 1.807) is 30.3 Å². The Morgan fingerprint density at radius 1 is 1.26 bits per heavy atom. The molecule has 1 N–H and O–H groups in total. The van der Waals surface area contributed by atoms with Gasteiger partial charge in [-0.25, -0.2) is 9.37 Å². The van der Waals surface area contributed by atoms with Gasteiger partial charge in [-0.05, 0) is 24.1 Å². The molecule has 1 aliphatic heterocycles. The number of halogens is 2. The van der Waals surface area contributed by atoms with Crippen LogP contribution in [0.25, 0.3) is 0 Å². The first-order chi connectivity index (χ1) is 12.8. The molecular formula is C19H16ClFN4O2. The van der Waals surface area contributed by atoms with Gasteiger partial charge in [-0.1, -0.05) is 37.6 Å². The summed E-state index contributed by atoms with van der Waals surface area (Å²) in [4.78, 5) is 30.1. The van der Waals surface area contributed by atoms with Crippen molar-refractivity contribution in [3.63, 3.8) is 0 Å². The average Bonchev–Trinajstić information content (AvgIpc) is 2.88. The summed E-state index contributed by atoms with van der Waals surface area (Å²) in [6.45, 7) is 3.79. The number of amides is 2.